The van der Waals surface area contributed by atoms with Crippen LogP contribution >= 0.6 is 11.3 Å². The Balaban J connectivity index is 1.74. The van der Waals surface area contributed by atoms with Gasteiger partial charge in [-0.1, -0.05) is 31.2 Å². The summed E-state index contributed by atoms with van der Waals surface area (Å²) in [6.45, 7) is 5.03. The molecule has 1 atom stereocenters. The van der Waals surface area contributed by atoms with E-state index in [4.69, 9.17) is 4.74 Å². The first kappa shape index (κ1) is 26.6. The molecule has 2 N–H and O–H groups in total. The second kappa shape index (κ2) is 11.7. The van der Waals surface area contributed by atoms with Crippen molar-refractivity contribution < 1.29 is 17.9 Å². The van der Waals surface area contributed by atoms with Crippen LogP contribution in [0.3, 0.4) is 0 Å². The minimum absolute atomic E-state index is 0.0156. The molecule has 4 rings (SSSR count). The summed E-state index contributed by atoms with van der Waals surface area (Å²) >= 11 is 1.54. The monoisotopic (exact) mass is 539 g/mol. The number of rotatable bonds is 11. The Kier molecular flexibility index (Phi) is 8.42. The van der Waals surface area contributed by atoms with Gasteiger partial charge in [-0.05, 0) is 60.5 Å². The number of likely N-dealkylation sites (N-methyl/N-ethyl adjacent to an activating group) is 1. The fraction of sp³-hybridized carbons (Fsp3) is 0.259. The smallest absolute Gasteiger partial charge is 0.248 e. The molecule has 8 nitrogen and oxygen atoms in total. The van der Waals surface area contributed by atoms with Gasteiger partial charge >= 0.3 is 0 Å². The van der Waals surface area contributed by atoms with Gasteiger partial charge in [-0.15, -0.1) is 11.3 Å². The molecule has 2 aromatic carbocycles. The highest BCUT2D eigenvalue weighted by Crippen LogP contribution is 2.30. The van der Waals surface area contributed by atoms with E-state index in [-0.39, 0.29) is 16.4 Å². The molecule has 1 amide bonds. The zero-order chi connectivity index (χ0) is 26.4. The fourth-order valence-corrected chi connectivity index (χ4v) is 5.87. The van der Waals surface area contributed by atoms with Crippen molar-refractivity contribution in [3.05, 3.63) is 92.9 Å². The highest BCUT2D eigenvalue weighted by atomic mass is 32.2. The molecule has 10 heteroatoms. The number of thiophene rings is 1. The van der Waals surface area contributed by atoms with Crippen LogP contribution in [0, 0.1) is 0 Å². The second-order valence-corrected chi connectivity index (χ2v) is 11.2. The van der Waals surface area contributed by atoms with Crippen molar-refractivity contribution >= 4 is 38.2 Å². The van der Waals surface area contributed by atoms with E-state index < -0.39 is 16.1 Å². The van der Waals surface area contributed by atoms with Crippen molar-refractivity contribution in [1.29, 1.82) is 0 Å². The van der Waals surface area contributed by atoms with Crippen LogP contribution in [0.4, 0.5) is 0 Å². The lowest BCUT2D eigenvalue weighted by Gasteiger charge is -2.28. The van der Waals surface area contributed by atoms with Crippen LogP contribution in [-0.4, -0.2) is 37.4 Å². The molecule has 37 heavy (non-hydrogen) atoms. The van der Waals surface area contributed by atoms with Gasteiger partial charge in [-0.3, -0.25) is 9.59 Å². The summed E-state index contributed by atoms with van der Waals surface area (Å²) in [6.07, 6.45) is 0.761. The van der Waals surface area contributed by atoms with Crippen LogP contribution in [-0.2, 0) is 21.4 Å². The number of hydrogen-bond donors (Lipinski definition) is 2. The highest BCUT2D eigenvalue weighted by Gasteiger charge is 2.32. The van der Waals surface area contributed by atoms with Gasteiger partial charge in [0, 0.05) is 28.6 Å². The summed E-state index contributed by atoms with van der Waals surface area (Å²) in [6, 6.07) is 17.0. The summed E-state index contributed by atoms with van der Waals surface area (Å²) in [4.78, 5) is 30.8. The van der Waals surface area contributed by atoms with Crippen LogP contribution in [0.1, 0.15) is 36.8 Å². The molecule has 0 fully saturated rings. The first-order valence-corrected chi connectivity index (χ1v) is 14.4. The Bertz CT molecular complexity index is 1530. The third kappa shape index (κ3) is 6.27. The van der Waals surface area contributed by atoms with E-state index in [1.165, 1.54) is 35.6 Å². The minimum atomic E-state index is -4.14. The highest BCUT2D eigenvalue weighted by molar-refractivity contribution is 7.89. The lowest BCUT2D eigenvalue weighted by molar-refractivity contribution is -0.133. The van der Waals surface area contributed by atoms with E-state index >= 15 is 0 Å². The number of nitrogens with zero attached hydrogens (tertiary/aromatic N) is 1. The molecule has 0 aliphatic carbocycles. The lowest BCUT2D eigenvalue weighted by atomic mass is 10.0. The first-order valence-electron chi connectivity index (χ1n) is 12.0. The maximum atomic E-state index is 13.9. The standard InChI is InChI=1S/C27H29N3O5S2/c1-3-15-35-24-10-6-5-9-22(24)26(27(32)30(4-2)18-20-8-7-16-36-20)29-37(33,34)21-12-13-23-19(17-21)11-14-25(31)28-23/h5-14,16-17,26,29H,3-4,15,18H2,1-2H3,(H,28,31)/t26-/m1/s1. The van der Waals surface area contributed by atoms with Crippen molar-refractivity contribution in [2.24, 2.45) is 0 Å². The average Bonchev–Trinajstić information content (AvgIpc) is 3.42. The van der Waals surface area contributed by atoms with E-state index in [1.54, 1.807) is 35.2 Å². The number of sulfonamides is 1. The van der Waals surface area contributed by atoms with Crippen LogP contribution in [0.15, 0.2) is 81.8 Å². The molecule has 0 saturated heterocycles. The molecule has 194 valence electrons. The Morgan fingerprint density at radius 1 is 1.08 bits per heavy atom. The van der Waals surface area contributed by atoms with Crippen molar-refractivity contribution in [2.75, 3.05) is 13.2 Å². The van der Waals surface area contributed by atoms with E-state index in [2.05, 4.69) is 9.71 Å². The van der Waals surface area contributed by atoms with Gasteiger partial charge in [-0.25, -0.2) is 8.42 Å². The number of fused-ring (bicyclic) bond motifs is 1. The SMILES string of the molecule is CCCOc1ccccc1[C@@H](NS(=O)(=O)c1ccc2[nH]c(=O)ccc2c1)C(=O)N(CC)Cc1cccs1. The number of aromatic nitrogens is 1. The van der Waals surface area contributed by atoms with Gasteiger partial charge in [-0.2, -0.15) is 4.72 Å². The number of benzene rings is 2. The second-order valence-electron chi connectivity index (χ2n) is 8.44. The molecule has 2 aromatic heterocycles. The van der Waals surface area contributed by atoms with E-state index in [0.29, 0.717) is 41.9 Å². The van der Waals surface area contributed by atoms with Crippen LogP contribution < -0.4 is 15.0 Å². The number of nitrogens with one attached hydrogen (secondary N) is 2. The molecule has 4 aromatic rings. The predicted molar refractivity (Wildman–Crippen MR) is 145 cm³/mol. The summed E-state index contributed by atoms with van der Waals surface area (Å²) in [5.41, 5.74) is 0.686. The Morgan fingerprint density at radius 2 is 1.89 bits per heavy atom. The predicted octanol–water partition coefficient (Wildman–Crippen LogP) is 4.45. The summed E-state index contributed by atoms with van der Waals surface area (Å²) in [7, 11) is -4.14. The topological polar surface area (TPSA) is 109 Å². The summed E-state index contributed by atoms with van der Waals surface area (Å²) in [5, 5.41) is 2.50. The molecular weight excluding hydrogens is 510 g/mol. The van der Waals surface area contributed by atoms with Crippen molar-refractivity contribution in [3.8, 4) is 5.75 Å². The van der Waals surface area contributed by atoms with Gasteiger partial charge in [0.25, 0.3) is 0 Å². The maximum absolute atomic E-state index is 13.9. The number of hydrogen-bond acceptors (Lipinski definition) is 6. The molecule has 0 spiro atoms. The van der Waals surface area contributed by atoms with Gasteiger partial charge < -0.3 is 14.6 Å². The molecule has 0 radical (unpaired) electrons. The number of H-pyrrole nitrogens is 1. The van der Waals surface area contributed by atoms with Crippen LogP contribution in [0.25, 0.3) is 10.9 Å². The zero-order valence-electron chi connectivity index (χ0n) is 20.6. The third-order valence-corrected chi connectivity index (χ3v) is 8.12. The molecule has 0 bridgehead atoms. The average molecular weight is 540 g/mol. The quantitative estimate of drug-likeness (QED) is 0.293. The Hall–Kier alpha value is -3.47. The van der Waals surface area contributed by atoms with Gasteiger partial charge in [0.1, 0.15) is 11.8 Å². The van der Waals surface area contributed by atoms with Crippen molar-refractivity contribution in [3.63, 3.8) is 0 Å². The normalized spacial score (nSPS) is 12.4. The number of ether oxygens (including phenoxy) is 1. The Labute approximate surface area is 220 Å². The number of aromatic amines is 1. The van der Waals surface area contributed by atoms with Crippen molar-refractivity contribution in [2.45, 2.75) is 37.8 Å². The third-order valence-electron chi connectivity index (χ3n) is 5.84. The largest absolute Gasteiger partial charge is 0.493 e. The lowest BCUT2D eigenvalue weighted by Crippen LogP contribution is -2.42. The number of para-hydroxylation sites is 1. The van der Waals surface area contributed by atoms with E-state index in [1.807, 2.05) is 31.4 Å². The number of amides is 1. The number of pyridine rings is 1. The maximum Gasteiger partial charge on any atom is 0.248 e. The molecule has 0 saturated carbocycles. The van der Waals surface area contributed by atoms with Crippen LogP contribution in [0.2, 0.25) is 0 Å². The molecule has 0 aliphatic heterocycles. The first-order chi connectivity index (χ1) is 17.8. The molecule has 0 unspecified atom stereocenters. The number of carbonyl (C=O) groups excluding carboxylic acids is 1. The zero-order valence-corrected chi connectivity index (χ0v) is 22.3. The molecule has 0 aliphatic rings. The number of carbonyl (C=O) groups is 1. The Morgan fingerprint density at radius 3 is 2.62 bits per heavy atom. The summed E-state index contributed by atoms with van der Waals surface area (Å²) < 4.78 is 35.7. The molecular formula is C27H29N3O5S2. The van der Waals surface area contributed by atoms with Gasteiger partial charge in [0.15, 0.2) is 0 Å². The fourth-order valence-electron chi connectivity index (χ4n) is 3.95. The summed E-state index contributed by atoms with van der Waals surface area (Å²) in [5.74, 6) is 0.0748. The van der Waals surface area contributed by atoms with E-state index in [0.717, 1.165) is 11.3 Å². The minimum Gasteiger partial charge on any atom is -0.493 e. The van der Waals surface area contributed by atoms with Gasteiger partial charge in [0.2, 0.25) is 21.5 Å². The van der Waals surface area contributed by atoms with E-state index in [9.17, 15) is 18.0 Å². The van der Waals surface area contributed by atoms with Crippen LogP contribution in [0.5, 0.6) is 5.75 Å². The van der Waals surface area contributed by atoms with Gasteiger partial charge in [0.05, 0.1) is 18.0 Å². The van der Waals surface area contributed by atoms with Crippen molar-refractivity contribution in [1.82, 2.24) is 14.6 Å². The molecule has 2 heterocycles.